The van der Waals surface area contributed by atoms with E-state index in [1.54, 1.807) is 53.4 Å². The Morgan fingerprint density at radius 1 is 0.391 bits per heavy atom. The van der Waals surface area contributed by atoms with Crippen LogP contribution in [0.2, 0.25) is 0 Å². The summed E-state index contributed by atoms with van der Waals surface area (Å²) in [5.74, 6) is -2.17. The van der Waals surface area contributed by atoms with Crippen molar-refractivity contribution in [2.45, 2.75) is 177 Å². The van der Waals surface area contributed by atoms with E-state index in [4.69, 9.17) is 50.1 Å². The van der Waals surface area contributed by atoms with Crippen molar-refractivity contribution in [1.29, 1.82) is 0 Å². The van der Waals surface area contributed by atoms with Gasteiger partial charge in [0.1, 0.15) is 4.32 Å². The second-order valence-corrected chi connectivity index (χ2v) is 29.2. The van der Waals surface area contributed by atoms with E-state index >= 15 is 4.79 Å². The summed E-state index contributed by atoms with van der Waals surface area (Å²) in [6.07, 6.45) is 12.0. The van der Waals surface area contributed by atoms with Gasteiger partial charge in [-0.1, -0.05) is 131 Å². The molecule has 28 heteroatoms. The van der Waals surface area contributed by atoms with Crippen molar-refractivity contribution in [2.24, 2.45) is 0 Å². The Bertz CT molecular complexity index is 3560. The Labute approximate surface area is 660 Å². The SMILES string of the molecule is CCCCOc1c2ccc(c1OCCCC)C(=O)NCCN1CCNC(=O)c3ccc(c(OCCCC)c3OCCCC)C(=O)NCCN(CCNC2=O)CCNC(=O)c2ccc(c(OCCCC)c2OCCCC)C(=O)NC(CCCNC(=O)c2ccc(C(=O)N3CCSC3=S)c(OCCCC)c2OCCCC)C1. The lowest BCUT2D eigenvalue weighted by Gasteiger charge is -2.29. The fourth-order valence-corrected chi connectivity index (χ4v) is 13.5. The number of amides is 8. The second-order valence-electron chi connectivity index (χ2n) is 27.5. The molecule has 0 aromatic heterocycles. The summed E-state index contributed by atoms with van der Waals surface area (Å²) >= 11 is 7.00. The Balaban J connectivity index is 1.37. The summed E-state index contributed by atoms with van der Waals surface area (Å²) in [5.41, 5.74) is 1.25. The maximum Gasteiger partial charge on any atom is 0.263 e. The minimum absolute atomic E-state index is 0.0261. The molecule has 1 fully saturated rings. The number of unbranched alkanes of at least 4 members (excludes halogenated alkanes) is 8. The molecular weight excluding hydrogens is 1450 g/mol. The van der Waals surface area contributed by atoms with Crippen molar-refractivity contribution < 1.29 is 76.3 Å². The van der Waals surface area contributed by atoms with Gasteiger partial charge in [-0.05, 0) is 113 Å². The topological polar surface area (TPSA) is 304 Å². The third-order valence-corrected chi connectivity index (χ3v) is 20.2. The maximum atomic E-state index is 15.6. The van der Waals surface area contributed by atoms with Crippen LogP contribution < -0.4 is 75.1 Å². The van der Waals surface area contributed by atoms with Gasteiger partial charge < -0.3 is 75.1 Å². The number of ether oxygens (including phenoxy) is 8. The lowest BCUT2D eigenvalue weighted by atomic mass is 10.0. The van der Waals surface area contributed by atoms with Crippen LogP contribution in [0.25, 0.3) is 0 Å². The summed E-state index contributed by atoms with van der Waals surface area (Å²) < 4.78 is 52.2. The molecular formula is C82H120N10O16S2. The van der Waals surface area contributed by atoms with Gasteiger partial charge in [0.15, 0.2) is 46.0 Å². The van der Waals surface area contributed by atoms with Crippen LogP contribution in [-0.2, 0) is 0 Å². The molecule has 13 aliphatic rings. The van der Waals surface area contributed by atoms with E-state index < -0.39 is 47.4 Å². The molecule has 13 aliphatic heterocycles. The number of hydrogen-bond acceptors (Lipinski definition) is 20. The van der Waals surface area contributed by atoms with E-state index in [0.717, 1.165) is 51.4 Å². The summed E-state index contributed by atoms with van der Waals surface area (Å²) in [7, 11) is 0. The standard InChI is InChI=1S/C82H120N10O16S2/c1-9-17-47-101-66-58-27-29-60(68(66)103-49-19-11-3)78(97)87-39-44-91-45-40-88-79(98)61-30-28-59(67(102-48-18-10-2)69(61)104-50-20-12-4)76(95)85-37-42-90(41-36-84-75(58)94)43-38-86-77(96)62-31-32-64(72(107-53-23-15-7)70(62)105-51-21-13-5)80(99)89-57(56-91)26-25-35-83-74(93)63-33-34-65(81(100)92-46-55-110-82(92)109)73(108-54-24-16-8)71(63)106-52-22-14-6/h27-34,57H,9-26,35-56H2,1-8H3,(H,83,93)(H,84,94)(H,85,95)(H,86,96)(H,87,97)(H,88,98)(H,89,99). The Morgan fingerprint density at radius 2 is 0.682 bits per heavy atom. The molecule has 0 radical (unpaired) electrons. The van der Waals surface area contributed by atoms with Crippen molar-refractivity contribution in [2.75, 3.05) is 144 Å². The predicted molar refractivity (Wildman–Crippen MR) is 432 cm³/mol. The molecule has 8 amide bonds. The summed E-state index contributed by atoms with van der Waals surface area (Å²) in [5, 5.41) is 21.9. The molecule has 1 unspecified atom stereocenters. The number of carbonyl (C=O) groups excluding carboxylic acids is 8. The quantitative estimate of drug-likeness (QED) is 0.0162. The number of nitrogens with zero attached hydrogens (tertiary/aromatic N) is 3. The highest BCUT2D eigenvalue weighted by atomic mass is 32.2. The first-order chi connectivity index (χ1) is 53.6. The van der Waals surface area contributed by atoms with Crippen molar-refractivity contribution in [3.05, 3.63) is 93.0 Å². The number of hydrogen-bond donors (Lipinski definition) is 7. The van der Waals surface area contributed by atoms with Gasteiger partial charge in [-0.2, -0.15) is 0 Å². The Hall–Kier alpha value is -8.60. The summed E-state index contributed by atoms with van der Waals surface area (Å²) in [4.78, 5) is 124. The highest BCUT2D eigenvalue weighted by molar-refractivity contribution is 8.23. The normalized spacial score (nSPS) is 17.0. The first-order valence-corrected chi connectivity index (χ1v) is 41.6. The average molecular weight is 1570 g/mol. The first kappa shape index (κ1) is 88.6. The second kappa shape index (κ2) is 48.9. The Morgan fingerprint density at radius 3 is 0.991 bits per heavy atom. The highest BCUT2D eigenvalue weighted by Gasteiger charge is 2.34. The molecule has 4 aromatic carbocycles. The number of carbonyl (C=O) groups is 8. The molecule has 0 spiro atoms. The number of benzene rings is 4. The molecule has 110 heavy (non-hydrogen) atoms. The fraction of sp³-hybridized carbons (Fsp3) is 0.598. The van der Waals surface area contributed by atoms with Crippen LogP contribution in [-0.4, -0.2) is 216 Å². The molecule has 1 atom stereocenters. The van der Waals surface area contributed by atoms with Crippen LogP contribution in [0.15, 0.2) is 48.5 Å². The van der Waals surface area contributed by atoms with Crippen molar-refractivity contribution in [1.82, 2.24) is 51.9 Å². The molecule has 0 aliphatic carbocycles. The average Bonchev–Trinajstić information content (AvgIpc) is 1.27. The molecule has 4 aromatic rings. The molecule has 26 nitrogen and oxygen atoms in total. The molecule has 0 saturated carbocycles. The number of nitrogens with one attached hydrogen (secondary N) is 7. The van der Waals surface area contributed by atoms with Gasteiger partial charge in [0.05, 0.1) is 97.4 Å². The first-order valence-electron chi connectivity index (χ1n) is 40.2. The zero-order valence-electron chi connectivity index (χ0n) is 66.2. The van der Waals surface area contributed by atoms with E-state index in [1.807, 2.05) is 65.2 Å². The van der Waals surface area contributed by atoms with Gasteiger partial charge in [-0.15, -0.1) is 0 Å². The highest BCUT2D eigenvalue weighted by Crippen LogP contribution is 2.41. The lowest BCUT2D eigenvalue weighted by molar-refractivity contribution is 0.0851. The van der Waals surface area contributed by atoms with E-state index in [2.05, 4.69) is 37.2 Å². The number of thioether (sulfide) groups is 1. The van der Waals surface area contributed by atoms with Crippen LogP contribution in [0.5, 0.6) is 46.0 Å². The molecule has 1 saturated heterocycles. The lowest BCUT2D eigenvalue weighted by Crippen LogP contribution is -2.48. The largest absolute Gasteiger partial charge is 0.489 e. The summed E-state index contributed by atoms with van der Waals surface area (Å²) in [6.45, 7) is 20.0. The number of thiocarbonyl (C=S) groups is 1. The Kier molecular flexibility index (Phi) is 39.4. The zero-order valence-corrected chi connectivity index (χ0v) is 67.8. The fourth-order valence-electron chi connectivity index (χ4n) is 12.3. The van der Waals surface area contributed by atoms with Gasteiger partial charge in [0.2, 0.25) is 0 Å². The molecule has 7 N–H and O–H groups in total. The van der Waals surface area contributed by atoms with Gasteiger partial charge >= 0.3 is 0 Å². The van der Waals surface area contributed by atoms with E-state index in [1.165, 1.54) is 11.8 Å². The minimum atomic E-state index is -0.742. The zero-order chi connectivity index (χ0) is 79.0. The van der Waals surface area contributed by atoms with E-state index in [0.29, 0.717) is 74.4 Å². The van der Waals surface area contributed by atoms with E-state index in [-0.39, 0.29) is 234 Å². The van der Waals surface area contributed by atoms with Gasteiger partial charge in [-0.3, -0.25) is 53.1 Å². The third kappa shape index (κ3) is 26.5. The van der Waals surface area contributed by atoms with Crippen LogP contribution in [0, 0.1) is 0 Å². The maximum absolute atomic E-state index is 15.6. The van der Waals surface area contributed by atoms with Crippen LogP contribution in [0.1, 0.15) is 254 Å². The van der Waals surface area contributed by atoms with Gasteiger partial charge in [-0.25, -0.2) is 0 Å². The summed E-state index contributed by atoms with van der Waals surface area (Å²) in [6, 6.07) is 11.8. The third-order valence-electron chi connectivity index (χ3n) is 18.7. The van der Waals surface area contributed by atoms with Crippen molar-refractivity contribution in [3.63, 3.8) is 0 Å². The minimum Gasteiger partial charge on any atom is -0.489 e. The molecule has 13 heterocycles. The van der Waals surface area contributed by atoms with Crippen molar-refractivity contribution in [3.8, 4) is 46.0 Å². The molecule has 8 bridgehead atoms. The van der Waals surface area contributed by atoms with E-state index in [9.17, 15) is 33.6 Å². The predicted octanol–water partition coefficient (Wildman–Crippen LogP) is 11.6. The molecule has 606 valence electrons. The van der Waals surface area contributed by atoms with Crippen LogP contribution in [0.4, 0.5) is 0 Å². The van der Waals surface area contributed by atoms with Crippen LogP contribution in [0.3, 0.4) is 0 Å². The van der Waals surface area contributed by atoms with Gasteiger partial charge in [0.25, 0.3) is 47.3 Å². The molecule has 17 rings (SSSR count). The monoisotopic (exact) mass is 1560 g/mol. The van der Waals surface area contributed by atoms with Crippen molar-refractivity contribution >= 4 is 75.6 Å². The smallest absolute Gasteiger partial charge is 0.263 e. The number of rotatable bonds is 38. The van der Waals surface area contributed by atoms with Gasteiger partial charge in [0, 0.05) is 96.9 Å². The van der Waals surface area contributed by atoms with Crippen LogP contribution >= 0.6 is 24.0 Å².